The van der Waals surface area contributed by atoms with E-state index in [2.05, 4.69) is 15.6 Å². The number of rotatable bonds is 8. The quantitative estimate of drug-likeness (QED) is 0.279. The van der Waals surface area contributed by atoms with Crippen LogP contribution in [0.15, 0.2) is 85.1 Å². The van der Waals surface area contributed by atoms with Crippen LogP contribution in [0.25, 0.3) is 10.9 Å². The summed E-state index contributed by atoms with van der Waals surface area (Å²) < 4.78 is 28.0. The zero-order valence-corrected chi connectivity index (χ0v) is 26.1. The molecule has 0 saturated carbocycles. The number of nitrogens with zero attached hydrogens (tertiary/aromatic N) is 2. The van der Waals surface area contributed by atoms with E-state index in [0.29, 0.717) is 31.6 Å². The molecule has 3 N–H and O–H groups in total. The molecule has 1 saturated heterocycles. The number of anilines is 1. The van der Waals surface area contributed by atoms with Gasteiger partial charge in [0.15, 0.2) is 0 Å². The minimum atomic E-state index is -3.83. The molecule has 0 bridgehead atoms. The van der Waals surface area contributed by atoms with Gasteiger partial charge in [-0.2, -0.15) is 0 Å². The molecule has 1 fully saturated rings. The van der Waals surface area contributed by atoms with Crippen LogP contribution in [0.3, 0.4) is 0 Å². The second-order valence-corrected chi connectivity index (χ2v) is 13.9. The number of carbonyl (C=O) groups excluding carboxylic acids is 2. The van der Waals surface area contributed by atoms with Crippen LogP contribution in [0.1, 0.15) is 42.5 Å². The van der Waals surface area contributed by atoms with Gasteiger partial charge in [0.25, 0.3) is 0 Å². The highest BCUT2D eigenvalue weighted by Crippen LogP contribution is 2.51. The Kier molecular flexibility index (Phi) is 7.98. The zero-order valence-electron chi connectivity index (χ0n) is 25.3. The van der Waals surface area contributed by atoms with Gasteiger partial charge in [-0.15, -0.1) is 0 Å². The average molecular weight is 614 g/mol. The van der Waals surface area contributed by atoms with E-state index in [9.17, 15) is 18.0 Å². The van der Waals surface area contributed by atoms with E-state index >= 15 is 0 Å². The Morgan fingerprint density at radius 1 is 1.00 bits per heavy atom. The molecular formula is C34H39N5O4S. The molecule has 0 radical (unpaired) electrons. The lowest BCUT2D eigenvalue weighted by Crippen LogP contribution is -2.61. The molecule has 3 aromatic carbocycles. The second-order valence-electron chi connectivity index (χ2n) is 12.0. The molecule has 6 rings (SSSR count). The van der Waals surface area contributed by atoms with Crippen molar-refractivity contribution in [3.8, 4) is 0 Å². The number of likely N-dealkylation sites (N-methyl/N-ethyl adjacent to an activating group) is 1. The topological polar surface area (TPSA) is 115 Å². The van der Waals surface area contributed by atoms with Gasteiger partial charge in [0.05, 0.1) is 18.0 Å². The summed E-state index contributed by atoms with van der Waals surface area (Å²) in [7, 11) is -2.09. The first kappa shape index (κ1) is 29.9. The Labute approximate surface area is 258 Å². The van der Waals surface area contributed by atoms with Crippen molar-refractivity contribution in [3.63, 3.8) is 0 Å². The highest BCUT2D eigenvalue weighted by Gasteiger charge is 2.57. The van der Waals surface area contributed by atoms with Gasteiger partial charge in [-0.3, -0.25) is 13.9 Å². The first-order valence-corrected chi connectivity index (χ1v) is 16.9. The van der Waals surface area contributed by atoms with E-state index in [1.54, 1.807) is 24.1 Å². The van der Waals surface area contributed by atoms with Crippen LogP contribution in [0.4, 0.5) is 5.69 Å². The van der Waals surface area contributed by atoms with Crippen molar-refractivity contribution >= 4 is 38.4 Å². The Bertz CT molecular complexity index is 1780. The van der Waals surface area contributed by atoms with E-state index in [1.807, 2.05) is 79.9 Å². The molecule has 2 aliphatic rings. The van der Waals surface area contributed by atoms with Gasteiger partial charge < -0.3 is 20.5 Å². The second kappa shape index (κ2) is 11.7. The largest absolute Gasteiger partial charge is 0.361 e. The van der Waals surface area contributed by atoms with E-state index in [1.165, 1.54) is 4.31 Å². The van der Waals surface area contributed by atoms with Gasteiger partial charge in [-0.25, -0.2) is 8.42 Å². The van der Waals surface area contributed by atoms with Crippen molar-refractivity contribution in [1.82, 2.24) is 20.5 Å². The van der Waals surface area contributed by atoms with Crippen LogP contribution >= 0.6 is 0 Å². The Morgan fingerprint density at radius 3 is 2.39 bits per heavy atom. The molecule has 1 spiro atoms. The maximum atomic E-state index is 14.6. The number of carbonyl (C=O) groups is 2. The highest BCUT2D eigenvalue weighted by molar-refractivity contribution is 7.92. The number of sulfonamides is 1. The average Bonchev–Trinajstić information content (AvgIpc) is 3.57. The zero-order chi connectivity index (χ0) is 31.1. The number of aromatic amines is 1. The standard InChI is InChI=1S/C34H39N5O4S/c1-23(24-11-5-4-6-12-24)38(2)33(41)29(21-25-22-36-28-15-9-7-13-26(25)28)37-32(40)31-34(17-19-35-20-18-34)27-14-8-10-16-30(27)39(31)44(3,42)43/h4-16,22-23,29,31,35-36H,17-21H2,1-3H3,(H,37,40)/t23?,29-,31?/m0/s1. The van der Waals surface area contributed by atoms with Crippen molar-refractivity contribution < 1.29 is 18.0 Å². The van der Waals surface area contributed by atoms with Crippen LogP contribution in [0.5, 0.6) is 0 Å². The van der Waals surface area contributed by atoms with E-state index in [0.717, 1.165) is 33.8 Å². The molecule has 2 unspecified atom stereocenters. The summed E-state index contributed by atoms with van der Waals surface area (Å²) in [6, 6.07) is 22.8. The molecule has 2 aliphatic heterocycles. The molecular weight excluding hydrogens is 574 g/mol. The van der Waals surface area contributed by atoms with E-state index < -0.39 is 33.4 Å². The summed E-state index contributed by atoms with van der Waals surface area (Å²) in [6.45, 7) is 3.27. The van der Waals surface area contributed by atoms with Crippen molar-refractivity contribution in [2.24, 2.45) is 0 Å². The highest BCUT2D eigenvalue weighted by atomic mass is 32.2. The smallest absolute Gasteiger partial charge is 0.245 e. The molecule has 4 aromatic rings. The van der Waals surface area contributed by atoms with Gasteiger partial charge in [0.1, 0.15) is 12.1 Å². The van der Waals surface area contributed by atoms with Gasteiger partial charge in [0, 0.05) is 36.0 Å². The van der Waals surface area contributed by atoms with Crippen LogP contribution in [0, 0.1) is 0 Å². The third-order valence-corrected chi connectivity index (χ3v) is 10.6. The number of nitrogens with one attached hydrogen (secondary N) is 3. The number of benzene rings is 3. The third kappa shape index (κ3) is 5.26. The summed E-state index contributed by atoms with van der Waals surface area (Å²) in [5, 5.41) is 7.42. The lowest BCUT2D eigenvalue weighted by atomic mass is 9.69. The lowest BCUT2D eigenvalue weighted by Gasteiger charge is -2.41. The summed E-state index contributed by atoms with van der Waals surface area (Å²) in [5.41, 5.74) is 3.49. The number of piperidine rings is 1. The Morgan fingerprint density at radius 2 is 1.66 bits per heavy atom. The predicted molar refractivity (Wildman–Crippen MR) is 173 cm³/mol. The Hall–Kier alpha value is -4.15. The molecule has 10 heteroatoms. The van der Waals surface area contributed by atoms with Crippen molar-refractivity contribution in [2.45, 2.75) is 49.7 Å². The molecule has 1 aromatic heterocycles. The van der Waals surface area contributed by atoms with Crippen LogP contribution in [-0.2, 0) is 31.4 Å². The molecule has 2 amide bonds. The number of aromatic nitrogens is 1. The minimum absolute atomic E-state index is 0.244. The predicted octanol–water partition coefficient (Wildman–Crippen LogP) is 3.88. The fourth-order valence-corrected chi connectivity index (χ4v) is 8.30. The van der Waals surface area contributed by atoms with Crippen LogP contribution in [0.2, 0.25) is 0 Å². The first-order chi connectivity index (χ1) is 21.1. The van der Waals surface area contributed by atoms with Crippen molar-refractivity contribution in [1.29, 1.82) is 0 Å². The van der Waals surface area contributed by atoms with Crippen LogP contribution < -0.4 is 14.9 Å². The van der Waals surface area contributed by atoms with Gasteiger partial charge in [0.2, 0.25) is 21.8 Å². The summed E-state index contributed by atoms with van der Waals surface area (Å²) in [4.78, 5) is 33.8. The molecule has 0 aliphatic carbocycles. The van der Waals surface area contributed by atoms with Gasteiger partial charge >= 0.3 is 0 Å². The summed E-state index contributed by atoms with van der Waals surface area (Å²) >= 11 is 0. The fraction of sp³-hybridized carbons (Fsp3) is 0.353. The maximum Gasteiger partial charge on any atom is 0.245 e. The Balaban J connectivity index is 1.39. The van der Waals surface area contributed by atoms with Crippen LogP contribution in [-0.4, -0.2) is 68.6 Å². The van der Waals surface area contributed by atoms with E-state index in [4.69, 9.17) is 0 Å². The number of hydrogen-bond donors (Lipinski definition) is 3. The summed E-state index contributed by atoms with van der Waals surface area (Å²) in [6.07, 6.45) is 4.46. The number of amides is 2. The normalized spacial score (nSPS) is 19.0. The van der Waals surface area contributed by atoms with E-state index in [-0.39, 0.29) is 18.4 Å². The molecule has 9 nitrogen and oxygen atoms in total. The number of H-pyrrole nitrogens is 1. The molecule has 230 valence electrons. The monoisotopic (exact) mass is 613 g/mol. The first-order valence-electron chi connectivity index (χ1n) is 15.1. The molecule has 44 heavy (non-hydrogen) atoms. The van der Waals surface area contributed by atoms with Crippen molar-refractivity contribution in [3.05, 3.63) is 102 Å². The third-order valence-electron chi connectivity index (χ3n) is 9.46. The number of para-hydroxylation sites is 2. The SMILES string of the molecule is CC(c1ccccc1)N(C)C(=O)[C@H](Cc1c[nH]c2ccccc12)NC(=O)C1N(S(C)(=O)=O)c2ccccc2C12CCNCC2. The lowest BCUT2D eigenvalue weighted by molar-refractivity contribution is -0.137. The maximum absolute atomic E-state index is 14.6. The van der Waals surface area contributed by atoms with Gasteiger partial charge in [-0.05, 0) is 61.7 Å². The van der Waals surface area contributed by atoms with Gasteiger partial charge in [-0.1, -0.05) is 66.7 Å². The fourth-order valence-electron chi connectivity index (χ4n) is 7.10. The van der Waals surface area contributed by atoms with Crippen molar-refractivity contribution in [2.75, 3.05) is 30.7 Å². The minimum Gasteiger partial charge on any atom is -0.361 e. The summed E-state index contributed by atoms with van der Waals surface area (Å²) in [5.74, 6) is -0.715. The number of hydrogen-bond acceptors (Lipinski definition) is 5. The molecule has 3 heterocycles. The molecule has 3 atom stereocenters. The number of fused-ring (bicyclic) bond motifs is 3.